The number of hydrogen-bond donors (Lipinski definition) is 1. The summed E-state index contributed by atoms with van der Waals surface area (Å²) in [6.45, 7) is 5.93. The van der Waals surface area contributed by atoms with E-state index in [0.29, 0.717) is 18.0 Å². The van der Waals surface area contributed by atoms with Crippen molar-refractivity contribution in [3.8, 4) is 5.75 Å². The van der Waals surface area contributed by atoms with Gasteiger partial charge in [0.25, 0.3) is 0 Å². The van der Waals surface area contributed by atoms with Gasteiger partial charge in [0, 0.05) is 32.8 Å². The van der Waals surface area contributed by atoms with Crippen molar-refractivity contribution < 1.29 is 13.9 Å². The molecule has 0 radical (unpaired) electrons. The van der Waals surface area contributed by atoms with Crippen molar-refractivity contribution in [3.63, 3.8) is 0 Å². The van der Waals surface area contributed by atoms with Gasteiger partial charge in [-0.25, -0.2) is 4.39 Å². The van der Waals surface area contributed by atoms with Crippen molar-refractivity contribution in [2.24, 2.45) is 0 Å². The number of nitrogens with zero attached hydrogens (tertiary/aromatic N) is 1. The number of hydrogen-bond acceptors (Lipinski definition) is 4. The van der Waals surface area contributed by atoms with Crippen LogP contribution >= 0.6 is 0 Å². The molecule has 1 aromatic carbocycles. The maximum atomic E-state index is 14.2. The van der Waals surface area contributed by atoms with Crippen molar-refractivity contribution >= 4 is 5.69 Å². The van der Waals surface area contributed by atoms with Gasteiger partial charge in [-0.3, -0.25) is 0 Å². The first-order valence-electron chi connectivity index (χ1n) is 7.11. The second-order valence-electron chi connectivity index (χ2n) is 5.06. The van der Waals surface area contributed by atoms with E-state index < -0.39 is 0 Å². The standard InChI is InChI=1S/C15H23FN2O2/c1-12(19-2)11-20-13-4-5-15(14(16)10-13)18-8-3-6-17-7-9-18/h4-5,10,12,17H,3,6-9,11H2,1-2H3. The highest BCUT2D eigenvalue weighted by atomic mass is 19.1. The summed E-state index contributed by atoms with van der Waals surface area (Å²) in [6.07, 6.45) is 1.03. The van der Waals surface area contributed by atoms with Crippen LogP contribution in [0.4, 0.5) is 10.1 Å². The maximum Gasteiger partial charge on any atom is 0.150 e. The minimum atomic E-state index is -0.227. The Labute approximate surface area is 119 Å². The molecule has 0 bridgehead atoms. The van der Waals surface area contributed by atoms with E-state index in [9.17, 15) is 4.39 Å². The second-order valence-corrected chi connectivity index (χ2v) is 5.06. The van der Waals surface area contributed by atoms with Gasteiger partial charge < -0.3 is 19.7 Å². The molecule has 1 heterocycles. The van der Waals surface area contributed by atoms with E-state index in [1.807, 2.05) is 13.0 Å². The summed E-state index contributed by atoms with van der Waals surface area (Å²) >= 11 is 0. The van der Waals surface area contributed by atoms with Gasteiger partial charge in [0.1, 0.15) is 18.2 Å². The van der Waals surface area contributed by atoms with Gasteiger partial charge in [0.2, 0.25) is 0 Å². The minimum Gasteiger partial charge on any atom is -0.491 e. The summed E-state index contributed by atoms with van der Waals surface area (Å²) < 4.78 is 24.8. The fourth-order valence-corrected chi connectivity index (χ4v) is 2.20. The van der Waals surface area contributed by atoms with E-state index in [4.69, 9.17) is 9.47 Å². The van der Waals surface area contributed by atoms with Gasteiger partial charge in [-0.2, -0.15) is 0 Å². The number of halogens is 1. The van der Waals surface area contributed by atoms with Crippen LogP contribution in [-0.4, -0.2) is 46.0 Å². The molecule has 1 aromatic rings. The zero-order chi connectivity index (χ0) is 14.4. The molecule has 1 N–H and O–H groups in total. The van der Waals surface area contributed by atoms with E-state index in [1.54, 1.807) is 13.2 Å². The Morgan fingerprint density at radius 2 is 2.20 bits per heavy atom. The molecular formula is C15H23FN2O2. The van der Waals surface area contributed by atoms with E-state index in [0.717, 1.165) is 32.6 Å². The molecule has 1 aliphatic heterocycles. The highest BCUT2D eigenvalue weighted by Crippen LogP contribution is 2.24. The SMILES string of the molecule is COC(C)COc1ccc(N2CCCNCC2)c(F)c1. The maximum absolute atomic E-state index is 14.2. The lowest BCUT2D eigenvalue weighted by Gasteiger charge is -2.23. The largest absolute Gasteiger partial charge is 0.491 e. The quantitative estimate of drug-likeness (QED) is 0.896. The van der Waals surface area contributed by atoms with E-state index in [-0.39, 0.29) is 11.9 Å². The monoisotopic (exact) mass is 282 g/mol. The molecule has 1 aliphatic rings. The molecule has 0 spiro atoms. The third kappa shape index (κ3) is 4.08. The van der Waals surface area contributed by atoms with Gasteiger partial charge >= 0.3 is 0 Å². The highest BCUT2D eigenvalue weighted by Gasteiger charge is 2.14. The van der Waals surface area contributed by atoms with Gasteiger partial charge in [0.05, 0.1) is 11.8 Å². The van der Waals surface area contributed by atoms with Gasteiger partial charge in [-0.05, 0) is 32.0 Å². The zero-order valence-corrected chi connectivity index (χ0v) is 12.2. The molecule has 4 nitrogen and oxygen atoms in total. The Morgan fingerprint density at radius 1 is 1.35 bits per heavy atom. The Bertz CT molecular complexity index is 420. The van der Waals surface area contributed by atoms with Gasteiger partial charge in [-0.15, -0.1) is 0 Å². The number of methoxy groups -OCH3 is 1. The van der Waals surface area contributed by atoms with Gasteiger partial charge in [-0.1, -0.05) is 0 Å². The lowest BCUT2D eigenvalue weighted by molar-refractivity contribution is 0.0715. The zero-order valence-electron chi connectivity index (χ0n) is 12.2. The van der Waals surface area contributed by atoms with Crippen LogP contribution in [0.3, 0.4) is 0 Å². The number of ether oxygens (including phenoxy) is 2. The average molecular weight is 282 g/mol. The van der Waals surface area contributed by atoms with Gasteiger partial charge in [0.15, 0.2) is 0 Å². The van der Waals surface area contributed by atoms with Crippen molar-refractivity contribution in [1.29, 1.82) is 0 Å². The van der Waals surface area contributed by atoms with E-state index >= 15 is 0 Å². The Kier molecular flexibility index (Phi) is 5.61. The van der Waals surface area contributed by atoms with Crippen molar-refractivity contribution in [2.45, 2.75) is 19.4 Å². The summed E-state index contributed by atoms with van der Waals surface area (Å²) in [5.41, 5.74) is 0.654. The molecule has 0 saturated carbocycles. The molecule has 2 rings (SSSR count). The molecule has 112 valence electrons. The Balaban J connectivity index is 2.01. The molecule has 0 aromatic heterocycles. The van der Waals surface area contributed by atoms with Crippen molar-refractivity contribution in [3.05, 3.63) is 24.0 Å². The number of nitrogens with one attached hydrogen (secondary N) is 1. The topological polar surface area (TPSA) is 33.7 Å². The number of anilines is 1. The number of benzene rings is 1. The van der Waals surface area contributed by atoms with Crippen LogP contribution in [0.15, 0.2) is 18.2 Å². The van der Waals surface area contributed by atoms with Crippen LogP contribution in [0.5, 0.6) is 5.75 Å². The summed E-state index contributed by atoms with van der Waals surface area (Å²) in [5, 5.41) is 3.31. The lowest BCUT2D eigenvalue weighted by atomic mass is 10.2. The first-order chi connectivity index (χ1) is 9.70. The first-order valence-corrected chi connectivity index (χ1v) is 7.11. The fourth-order valence-electron chi connectivity index (χ4n) is 2.20. The highest BCUT2D eigenvalue weighted by molar-refractivity contribution is 5.50. The molecule has 1 saturated heterocycles. The molecule has 5 heteroatoms. The predicted octanol–water partition coefficient (Wildman–Crippen LogP) is 2.04. The molecular weight excluding hydrogens is 259 g/mol. The average Bonchev–Trinajstić information content (AvgIpc) is 2.73. The minimum absolute atomic E-state index is 0.00517. The summed E-state index contributed by atoms with van der Waals surface area (Å²) in [5.74, 6) is 0.317. The Hall–Kier alpha value is -1.33. The molecule has 20 heavy (non-hydrogen) atoms. The van der Waals surface area contributed by atoms with E-state index in [1.165, 1.54) is 6.07 Å². The summed E-state index contributed by atoms with van der Waals surface area (Å²) in [6, 6.07) is 5.07. The molecule has 1 unspecified atom stereocenters. The van der Waals surface area contributed by atoms with E-state index in [2.05, 4.69) is 10.2 Å². The smallest absolute Gasteiger partial charge is 0.150 e. The summed E-state index contributed by atoms with van der Waals surface area (Å²) in [7, 11) is 1.63. The fraction of sp³-hybridized carbons (Fsp3) is 0.600. The number of rotatable bonds is 5. The second kappa shape index (κ2) is 7.45. The van der Waals surface area contributed by atoms with Crippen molar-refractivity contribution in [2.75, 3.05) is 44.8 Å². The van der Waals surface area contributed by atoms with Crippen LogP contribution in [0, 0.1) is 5.82 Å². The molecule has 1 atom stereocenters. The Morgan fingerprint density at radius 3 is 2.95 bits per heavy atom. The van der Waals surface area contributed by atoms with Crippen LogP contribution in [0.1, 0.15) is 13.3 Å². The lowest BCUT2D eigenvalue weighted by Crippen LogP contribution is -2.28. The van der Waals surface area contributed by atoms with Crippen LogP contribution < -0.4 is 15.0 Å². The third-order valence-electron chi connectivity index (χ3n) is 3.49. The molecule has 1 fully saturated rings. The molecule has 0 amide bonds. The molecule has 0 aliphatic carbocycles. The predicted molar refractivity (Wildman–Crippen MR) is 78.1 cm³/mol. The van der Waals surface area contributed by atoms with Crippen LogP contribution in [0.2, 0.25) is 0 Å². The van der Waals surface area contributed by atoms with Crippen molar-refractivity contribution in [1.82, 2.24) is 5.32 Å². The first kappa shape index (κ1) is 15.1. The van der Waals surface area contributed by atoms with Crippen LogP contribution in [-0.2, 0) is 4.74 Å². The summed E-state index contributed by atoms with van der Waals surface area (Å²) in [4.78, 5) is 2.08. The third-order valence-corrected chi connectivity index (χ3v) is 3.49. The normalized spacial score (nSPS) is 17.6. The van der Waals surface area contributed by atoms with Crippen LogP contribution in [0.25, 0.3) is 0 Å².